The molecule has 0 aliphatic carbocycles. The third-order valence-corrected chi connectivity index (χ3v) is 2.26. The van der Waals surface area contributed by atoms with E-state index >= 15 is 0 Å². The van der Waals surface area contributed by atoms with Gasteiger partial charge in [0.2, 0.25) is 0 Å². The number of nitrogens with zero attached hydrogens (tertiary/aromatic N) is 1. The van der Waals surface area contributed by atoms with Gasteiger partial charge in [0.1, 0.15) is 30.0 Å². The van der Waals surface area contributed by atoms with Crippen molar-refractivity contribution in [2.75, 3.05) is 25.3 Å². The number of urea groups is 1. The Kier molecular flexibility index (Phi) is 5.49. The number of halogens is 1. The van der Waals surface area contributed by atoms with E-state index in [0.29, 0.717) is 0 Å². The zero-order valence-corrected chi connectivity index (χ0v) is 10.3. The van der Waals surface area contributed by atoms with Crippen LogP contribution in [-0.2, 0) is 0 Å². The number of rotatable bonds is 5. The van der Waals surface area contributed by atoms with Gasteiger partial charge < -0.3 is 20.3 Å². The molecule has 106 valence electrons. The highest BCUT2D eigenvalue weighted by Crippen LogP contribution is 2.27. The van der Waals surface area contributed by atoms with E-state index in [1.165, 1.54) is 13.1 Å². The van der Waals surface area contributed by atoms with Gasteiger partial charge in [-0.05, 0) is 12.1 Å². The Labute approximate surface area is 109 Å². The normalized spacial score (nSPS) is 11.8. The number of nitrogens with two attached hydrogens (primary N) is 1. The van der Waals surface area contributed by atoms with Crippen LogP contribution in [0.5, 0.6) is 5.75 Å². The first-order valence-electron chi connectivity index (χ1n) is 5.47. The molecule has 0 radical (unpaired) electrons. The molecule has 1 rings (SSSR count). The van der Waals surface area contributed by atoms with Gasteiger partial charge in [-0.25, -0.2) is 20.0 Å². The van der Waals surface area contributed by atoms with Gasteiger partial charge in [-0.2, -0.15) is 0 Å². The average molecular weight is 273 g/mol. The molecule has 5 N–H and O–H groups in total. The molecule has 0 bridgehead atoms. The molecule has 8 heteroatoms. The number of nitrogens with one attached hydrogen (secondary N) is 1. The number of aliphatic hydroxyl groups is 2. The second kappa shape index (κ2) is 6.88. The number of benzene rings is 1. The summed E-state index contributed by atoms with van der Waals surface area (Å²) in [4.78, 5) is 11.4. The zero-order chi connectivity index (χ0) is 14.4. The highest BCUT2D eigenvalue weighted by Gasteiger charge is 2.16. The monoisotopic (exact) mass is 273 g/mol. The first-order chi connectivity index (χ1) is 8.99. The van der Waals surface area contributed by atoms with Gasteiger partial charge in [0.05, 0.1) is 6.61 Å². The fourth-order valence-corrected chi connectivity index (χ4v) is 1.27. The van der Waals surface area contributed by atoms with Crippen LogP contribution in [0.4, 0.5) is 14.9 Å². The molecule has 1 aromatic rings. The van der Waals surface area contributed by atoms with Gasteiger partial charge in [-0.3, -0.25) is 0 Å². The molecular weight excluding hydrogens is 257 g/mol. The van der Waals surface area contributed by atoms with Crippen LogP contribution in [0.25, 0.3) is 0 Å². The SMILES string of the molecule is CNC(=O)N(N)c1ccc(F)cc1OCC(O)CO. The predicted molar refractivity (Wildman–Crippen MR) is 66.1 cm³/mol. The van der Waals surface area contributed by atoms with E-state index in [1.54, 1.807) is 0 Å². The maximum Gasteiger partial charge on any atom is 0.336 e. The van der Waals surface area contributed by atoms with Gasteiger partial charge in [-0.1, -0.05) is 0 Å². The molecule has 0 aliphatic heterocycles. The van der Waals surface area contributed by atoms with Crippen LogP contribution in [0, 0.1) is 5.82 Å². The second-order valence-electron chi connectivity index (χ2n) is 3.68. The molecular formula is C11H16FN3O4. The number of aliphatic hydroxyl groups excluding tert-OH is 2. The predicted octanol–water partition coefficient (Wildman–Crippen LogP) is -0.423. The van der Waals surface area contributed by atoms with Gasteiger partial charge >= 0.3 is 6.03 Å². The van der Waals surface area contributed by atoms with Crippen molar-refractivity contribution in [3.63, 3.8) is 0 Å². The Morgan fingerprint density at radius 1 is 1.63 bits per heavy atom. The summed E-state index contributed by atoms with van der Waals surface area (Å²) >= 11 is 0. The minimum absolute atomic E-state index is 0.0152. The Balaban J connectivity index is 2.94. The quantitative estimate of drug-likeness (QED) is 0.331. The van der Waals surface area contributed by atoms with Gasteiger partial charge in [-0.15, -0.1) is 0 Å². The first-order valence-corrected chi connectivity index (χ1v) is 5.47. The number of hydrazine groups is 1. The second-order valence-corrected chi connectivity index (χ2v) is 3.68. The summed E-state index contributed by atoms with van der Waals surface area (Å²) in [5, 5.41) is 20.9. The molecule has 7 nitrogen and oxygen atoms in total. The number of anilines is 1. The van der Waals surface area contributed by atoms with E-state index in [-0.39, 0.29) is 18.0 Å². The number of carbonyl (C=O) groups is 1. The van der Waals surface area contributed by atoms with Gasteiger partial charge in [0.15, 0.2) is 0 Å². The first kappa shape index (κ1) is 15.2. The van der Waals surface area contributed by atoms with Gasteiger partial charge in [0, 0.05) is 13.1 Å². The summed E-state index contributed by atoms with van der Waals surface area (Å²) < 4.78 is 18.3. The third kappa shape index (κ3) is 4.05. The van der Waals surface area contributed by atoms with Crippen molar-refractivity contribution in [2.24, 2.45) is 5.84 Å². The van der Waals surface area contributed by atoms with Crippen LogP contribution in [0.1, 0.15) is 0 Å². The number of carbonyl (C=O) groups excluding carboxylic acids is 1. The highest BCUT2D eigenvalue weighted by atomic mass is 19.1. The summed E-state index contributed by atoms with van der Waals surface area (Å²) in [5.41, 5.74) is 0.130. The van der Waals surface area contributed by atoms with E-state index in [2.05, 4.69) is 5.32 Å². The van der Waals surface area contributed by atoms with Crippen LogP contribution in [0.2, 0.25) is 0 Å². The van der Waals surface area contributed by atoms with Crippen molar-refractivity contribution in [1.29, 1.82) is 0 Å². The largest absolute Gasteiger partial charge is 0.488 e. The highest BCUT2D eigenvalue weighted by molar-refractivity contribution is 5.92. The molecule has 0 saturated heterocycles. The Hall–Kier alpha value is -1.90. The van der Waals surface area contributed by atoms with Crippen molar-refractivity contribution in [3.8, 4) is 5.75 Å². The summed E-state index contributed by atoms with van der Waals surface area (Å²) in [7, 11) is 1.39. The lowest BCUT2D eigenvalue weighted by atomic mass is 10.2. The molecule has 0 spiro atoms. The van der Waals surface area contributed by atoms with Crippen molar-refractivity contribution >= 4 is 11.7 Å². The van der Waals surface area contributed by atoms with Crippen molar-refractivity contribution in [1.82, 2.24) is 5.32 Å². The smallest absolute Gasteiger partial charge is 0.336 e. The maximum atomic E-state index is 13.1. The van der Waals surface area contributed by atoms with Crippen molar-refractivity contribution in [3.05, 3.63) is 24.0 Å². The van der Waals surface area contributed by atoms with Gasteiger partial charge in [0.25, 0.3) is 0 Å². The van der Waals surface area contributed by atoms with Crippen LogP contribution < -0.4 is 20.9 Å². The fourth-order valence-electron chi connectivity index (χ4n) is 1.27. The lowest BCUT2D eigenvalue weighted by molar-refractivity contribution is 0.0536. The molecule has 0 heterocycles. The topological polar surface area (TPSA) is 108 Å². The van der Waals surface area contributed by atoms with E-state index in [9.17, 15) is 14.3 Å². The lowest BCUT2D eigenvalue weighted by Crippen LogP contribution is -2.43. The van der Waals surface area contributed by atoms with Crippen LogP contribution in [0.3, 0.4) is 0 Å². The summed E-state index contributed by atoms with van der Waals surface area (Å²) in [6.45, 7) is -0.749. The zero-order valence-electron chi connectivity index (χ0n) is 10.3. The summed E-state index contributed by atoms with van der Waals surface area (Å²) in [5.74, 6) is 4.95. The molecule has 1 unspecified atom stereocenters. The Bertz CT molecular complexity index is 444. The minimum Gasteiger partial charge on any atom is -0.488 e. The van der Waals surface area contributed by atoms with E-state index in [1.807, 2.05) is 0 Å². The number of ether oxygens (including phenoxy) is 1. The van der Waals surface area contributed by atoms with Crippen molar-refractivity contribution < 1.29 is 24.1 Å². The summed E-state index contributed by atoms with van der Waals surface area (Å²) in [6, 6.07) is 2.81. The number of amides is 2. The molecule has 0 saturated carbocycles. The number of hydrogen-bond donors (Lipinski definition) is 4. The van der Waals surface area contributed by atoms with Crippen LogP contribution in [-0.4, -0.2) is 42.6 Å². The fraction of sp³-hybridized carbons (Fsp3) is 0.364. The molecule has 2 amide bonds. The molecule has 1 atom stereocenters. The lowest BCUT2D eigenvalue weighted by Gasteiger charge is -2.20. The Morgan fingerprint density at radius 3 is 2.89 bits per heavy atom. The molecule has 0 aromatic heterocycles. The Morgan fingerprint density at radius 2 is 2.32 bits per heavy atom. The number of hydrogen-bond acceptors (Lipinski definition) is 5. The molecule has 0 aliphatic rings. The van der Waals surface area contributed by atoms with Crippen molar-refractivity contribution in [2.45, 2.75) is 6.10 Å². The molecule has 0 fully saturated rings. The minimum atomic E-state index is -1.11. The maximum absolute atomic E-state index is 13.1. The molecule has 19 heavy (non-hydrogen) atoms. The van der Waals surface area contributed by atoms with E-state index in [0.717, 1.165) is 17.1 Å². The third-order valence-electron chi connectivity index (χ3n) is 2.26. The van der Waals surface area contributed by atoms with Crippen LogP contribution >= 0.6 is 0 Å². The summed E-state index contributed by atoms with van der Waals surface area (Å²) in [6.07, 6.45) is -1.11. The molecule has 1 aromatic carbocycles. The standard InChI is InChI=1S/C11H16FN3O4/c1-14-11(18)15(13)9-3-2-7(12)4-10(9)19-6-8(17)5-16/h2-4,8,16-17H,5-6,13H2,1H3,(H,14,18). The average Bonchev–Trinajstić information content (AvgIpc) is 2.43. The van der Waals surface area contributed by atoms with E-state index in [4.69, 9.17) is 15.7 Å². The van der Waals surface area contributed by atoms with Crippen LogP contribution in [0.15, 0.2) is 18.2 Å². The van der Waals surface area contributed by atoms with E-state index < -0.39 is 24.6 Å².